The van der Waals surface area contributed by atoms with Crippen molar-refractivity contribution in [3.05, 3.63) is 48.5 Å². The Morgan fingerprint density at radius 1 is 1.52 bits per heavy atom. The molecule has 8 heteroatoms. The van der Waals surface area contributed by atoms with Crippen molar-refractivity contribution in [1.82, 2.24) is 0 Å². The third-order valence-corrected chi connectivity index (χ3v) is 5.21. The number of hydrogen-bond donors (Lipinski definition) is 1. The van der Waals surface area contributed by atoms with E-state index in [1.165, 1.54) is 0 Å². The second-order valence-corrected chi connectivity index (χ2v) is 7.14. The highest BCUT2D eigenvalue weighted by Crippen LogP contribution is 2.44. The lowest BCUT2D eigenvalue weighted by atomic mass is 9.83. The third-order valence-electron chi connectivity index (χ3n) is 3.68. The maximum absolute atomic E-state index is 12.5. The molecule has 2 N–H and O–H groups in total. The minimum absolute atomic E-state index is 0.0178. The number of carbonyl (C=O) groups is 1. The molecule has 1 atom stereocenters. The van der Waals surface area contributed by atoms with Gasteiger partial charge in [0, 0.05) is 4.47 Å². The predicted octanol–water partition coefficient (Wildman–Crippen LogP) is 3.71. The SMILES string of the molecule is CCOC(=O)C1=C(C)OC(N)=C(C#N)C1c1cc(I)c(OC)cc1Br. The Bertz CT molecular complexity index is 827. The predicted molar refractivity (Wildman–Crippen MR) is 103 cm³/mol. The topological polar surface area (TPSA) is 94.6 Å². The molecule has 0 aliphatic carbocycles. The lowest BCUT2D eigenvalue weighted by molar-refractivity contribution is -0.139. The molecule has 1 unspecified atom stereocenters. The standard InChI is InChI=1S/C17H16BrIN2O4/c1-4-24-17(22)14-8(2)25-16(21)10(7-20)15(14)9-5-12(19)13(23-3)6-11(9)18/h5-6,15H,4,21H2,1-3H3. The van der Waals surface area contributed by atoms with Crippen molar-refractivity contribution >= 4 is 44.5 Å². The summed E-state index contributed by atoms with van der Waals surface area (Å²) in [6, 6.07) is 5.69. The van der Waals surface area contributed by atoms with Crippen LogP contribution in [0.3, 0.4) is 0 Å². The van der Waals surface area contributed by atoms with Gasteiger partial charge in [-0.2, -0.15) is 5.26 Å². The Hall–Kier alpha value is -1.73. The first kappa shape index (κ1) is 19.6. The number of nitrogens with two attached hydrogens (primary N) is 1. The van der Waals surface area contributed by atoms with Gasteiger partial charge in [0.25, 0.3) is 0 Å². The summed E-state index contributed by atoms with van der Waals surface area (Å²) in [6.45, 7) is 3.56. The van der Waals surface area contributed by atoms with Crippen molar-refractivity contribution in [1.29, 1.82) is 5.26 Å². The van der Waals surface area contributed by atoms with Crippen molar-refractivity contribution in [2.75, 3.05) is 13.7 Å². The van der Waals surface area contributed by atoms with E-state index in [4.69, 9.17) is 19.9 Å². The van der Waals surface area contributed by atoms with Crippen molar-refractivity contribution in [2.24, 2.45) is 5.73 Å². The first-order chi connectivity index (χ1) is 11.8. The van der Waals surface area contributed by atoms with Gasteiger partial charge in [-0.15, -0.1) is 0 Å². The Balaban J connectivity index is 2.71. The summed E-state index contributed by atoms with van der Waals surface area (Å²) >= 11 is 5.63. The molecule has 0 spiro atoms. The van der Waals surface area contributed by atoms with Gasteiger partial charge in [-0.25, -0.2) is 4.79 Å². The van der Waals surface area contributed by atoms with E-state index in [9.17, 15) is 10.1 Å². The number of hydrogen-bond acceptors (Lipinski definition) is 6. The number of nitriles is 1. The molecule has 0 saturated carbocycles. The summed E-state index contributed by atoms with van der Waals surface area (Å²) in [7, 11) is 1.57. The van der Waals surface area contributed by atoms with Crippen LogP contribution in [0.15, 0.2) is 39.4 Å². The molecule has 0 aromatic heterocycles. The minimum Gasteiger partial charge on any atom is -0.496 e. The van der Waals surface area contributed by atoms with Crippen LogP contribution >= 0.6 is 38.5 Å². The largest absolute Gasteiger partial charge is 0.496 e. The van der Waals surface area contributed by atoms with Gasteiger partial charge in [0.05, 0.1) is 28.8 Å². The van der Waals surface area contributed by atoms with Crippen LogP contribution in [0.1, 0.15) is 25.3 Å². The average molecular weight is 519 g/mol. The van der Waals surface area contributed by atoms with Crippen LogP contribution in [-0.2, 0) is 14.3 Å². The van der Waals surface area contributed by atoms with Gasteiger partial charge >= 0.3 is 5.97 Å². The highest BCUT2D eigenvalue weighted by atomic mass is 127. The summed E-state index contributed by atoms with van der Waals surface area (Å²) in [5.41, 5.74) is 7.02. The normalized spacial score (nSPS) is 17.0. The average Bonchev–Trinajstić information content (AvgIpc) is 2.56. The Labute approximate surface area is 167 Å². The molecule has 2 rings (SSSR count). The fourth-order valence-electron chi connectivity index (χ4n) is 2.59. The van der Waals surface area contributed by atoms with E-state index < -0.39 is 11.9 Å². The maximum Gasteiger partial charge on any atom is 0.338 e. The number of methoxy groups -OCH3 is 1. The van der Waals surface area contributed by atoms with E-state index in [0.29, 0.717) is 21.5 Å². The Kier molecular flexibility index (Phi) is 6.35. The second-order valence-electron chi connectivity index (χ2n) is 5.12. The van der Waals surface area contributed by atoms with Gasteiger partial charge in [-0.1, -0.05) is 15.9 Å². The molecule has 25 heavy (non-hydrogen) atoms. The molecule has 1 aromatic carbocycles. The summed E-state index contributed by atoms with van der Waals surface area (Å²) in [5, 5.41) is 9.59. The van der Waals surface area contributed by atoms with Crippen LogP contribution in [0.25, 0.3) is 0 Å². The zero-order chi connectivity index (χ0) is 18.7. The maximum atomic E-state index is 12.5. The number of nitrogens with zero attached hydrogens (tertiary/aromatic N) is 1. The van der Waals surface area contributed by atoms with Crippen molar-refractivity contribution in [2.45, 2.75) is 19.8 Å². The molecule has 0 saturated heterocycles. The molecule has 132 valence electrons. The molecular weight excluding hydrogens is 503 g/mol. The molecule has 6 nitrogen and oxygen atoms in total. The van der Waals surface area contributed by atoms with Crippen LogP contribution in [0.2, 0.25) is 0 Å². The van der Waals surface area contributed by atoms with Crippen LogP contribution in [0, 0.1) is 14.9 Å². The van der Waals surface area contributed by atoms with Gasteiger partial charge in [-0.3, -0.25) is 0 Å². The fourth-order valence-corrected chi connectivity index (χ4v) is 3.85. The van der Waals surface area contributed by atoms with E-state index >= 15 is 0 Å². The number of halogens is 2. The van der Waals surface area contributed by atoms with Crippen LogP contribution in [0.5, 0.6) is 5.75 Å². The van der Waals surface area contributed by atoms with Crippen molar-refractivity contribution < 1.29 is 19.0 Å². The smallest absolute Gasteiger partial charge is 0.338 e. The molecule has 1 heterocycles. The fraction of sp³-hybridized carbons (Fsp3) is 0.294. The number of allylic oxidation sites excluding steroid dienone is 2. The number of carbonyl (C=O) groups excluding carboxylic acids is 1. The third kappa shape index (κ3) is 3.77. The number of benzene rings is 1. The van der Waals surface area contributed by atoms with Crippen LogP contribution in [0.4, 0.5) is 0 Å². The minimum atomic E-state index is -0.688. The van der Waals surface area contributed by atoms with E-state index in [0.717, 1.165) is 3.57 Å². The summed E-state index contributed by atoms with van der Waals surface area (Å²) in [5.74, 6) is -0.250. The number of esters is 1. The van der Waals surface area contributed by atoms with Crippen molar-refractivity contribution in [3.63, 3.8) is 0 Å². The molecule has 1 aliphatic heterocycles. The van der Waals surface area contributed by atoms with Crippen molar-refractivity contribution in [3.8, 4) is 11.8 Å². The van der Waals surface area contributed by atoms with E-state index in [1.54, 1.807) is 27.0 Å². The van der Waals surface area contributed by atoms with Gasteiger partial charge < -0.3 is 19.9 Å². The number of rotatable bonds is 4. The summed E-state index contributed by atoms with van der Waals surface area (Å²) in [4.78, 5) is 12.5. The number of ether oxygens (including phenoxy) is 3. The van der Waals surface area contributed by atoms with Gasteiger partial charge in [-0.05, 0) is 54.1 Å². The van der Waals surface area contributed by atoms with Crippen LogP contribution in [-0.4, -0.2) is 19.7 Å². The highest BCUT2D eigenvalue weighted by Gasteiger charge is 2.37. The summed E-state index contributed by atoms with van der Waals surface area (Å²) < 4.78 is 17.4. The Morgan fingerprint density at radius 2 is 2.20 bits per heavy atom. The van der Waals surface area contributed by atoms with Gasteiger partial charge in [0.15, 0.2) is 0 Å². The second kappa shape index (κ2) is 8.10. The molecule has 0 amide bonds. The highest BCUT2D eigenvalue weighted by molar-refractivity contribution is 14.1. The van der Waals surface area contributed by atoms with E-state index in [2.05, 4.69) is 44.6 Å². The first-order valence-electron chi connectivity index (χ1n) is 7.34. The Morgan fingerprint density at radius 3 is 2.76 bits per heavy atom. The molecule has 1 aliphatic rings. The lowest BCUT2D eigenvalue weighted by Crippen LogP contribution is -2.25. The zero-order valence-electron chi connectivity index (χ0n) is 13.9. The van der Waals surface area contributed by atoms with Gasteiger partial charge in [0.1, 0.15) is 23.2 Å². The van der Waals surface area contributed by atoms with E-state index in [1.807, 2.05) is 6.07 Å². The quantitative estimate of drug-likeness (QED) is 0.482. The zero-order valence-corrected chi connectivity index (χ0v) is 17.6. The molecule has 0 radical (unpaired) electrons. The molecule has 0 fully saturated rings. The van der Waals surface area contributed by atoms with Gasteiger partial charge in [0.2, 0.25) is 5.88 Å². The monoisotopic (exact) mass is 518 g/mol. The first-order valence-corrected chi connectivity index (χ1v) is 9.21. The molecule has 0 bridgehead atoms. The van der Waals surface area contributed by atoms with Crippen LogP contribution < -0.4 is 10.5 Å². The van der Waals surface area contributed by atoms with E-state index in [-0.39, 0.29) is 23.6 Å². The molecular formula is C17H16BrIN2O4. The molecule has 1 aromatic rings. The summed E-state index contributed by atoms with van der Waals surface area (Å²) in [6.07, 6.45) is 0. The lowest BCUT2D eigenvalue weighted by Gasteiger charge is -2.27.